The summed E-state index contributed by atoms with van der Waals surface area (Å²) in [6.07, 6.45) is 7.37. The van der Waals surface area contributed by atoms with Crippen molar-refractivity contribution in [1.29, 1.82) is 5.26 Å². The molecule has 1 atom stereocenters. The Morgan fingerprint density at radius 1 is 1.00 bits per heavy atom. The molecule has 0 amide bonds. The van der Waals surface area contributed by atoms with Crippen LogP contribution in [-0.4, -0.2) is 10.7 Å². The maximum absolute atomic E-state index is 11.2. The van der Waals surface area contributed by atoms with Gasteiger partial charge in [0.25, 0.3) is 0 Å². The molecule has 0 aliphatic heterocycles. The van der Waals surface area contributed by atoms with Gasteiger partial charge in [0.2, 0.25) is 0 Å². The number of benzene rings is 1. The lowest BCUT2D eigenvalue weighted by molar-refractivity contribution is -0.0820. The normalized spacial score (nSPS) is 29.3. The molecule has 1 aromatic carbocycles. The van der Waals surface area contributed by atoms with Crippen LogP contribution in [0, 0.1) is 16.7 Å². The quantitative estimate of drug-likeness (QED) is 0.836. The Labute approximate surface area is 115 Å². The van der Waals surface area contributed by atoms with Crippen molar-refractivity contribution < 1.29 is 5.11 Å². The fraction of sp³-hybridized carbons (Fsp3) is 0.588. The van der Waals surface area contributed by atoms with Gasteiger partial charge in [-0.3, -0.25) is 0 Å². The highest BCUT2D eigenvalue weighted by atomic mass is 16.3. The van der Waals surface area contributed by atoms with E-state index in [0.717, 1.165) is 38.5 Å². The van der Waals surface area contributed by atoms with E-state index < -0.39 is 11.0 Å². The van der Waals surface area contributed by atoms with Crippen LogP contribution < -0.4 is 0 Å². The third-order valence-corrected chi connectivity index (χ3v) is 5.22. The van der Waals surface area contributed by atoms with Crippen molar-refractivity contribution in [2.45, 2.75) is 57.0 Å². The number of fused-ring (bicyclic) bond motifs is 1. The Hall–Kier alpha value is -1.33. The lowest BCUT2D eigenvalue weighted by atomic mass is 9.59. The summed E-state index contributed by atoms with van der Waals surface area (Å²) in [5, 5.41) is 20.9. The zero-order valence-electron chi connectivity index (χ0n) is 11.4. The van der Waals surface area contributed by atoms with Gasteiger partial charge in [-0.05, 0) is 36.8 Å². The van der Waals surface area contributed by atoms with Crippen LogP contribution in [-0.2, 0) is 12.8 Å². The Morgan fingerprint density at radius 3 is 2.37 bits per heavy atom. The molecule has 1 N–H and O–H groups in total. The minimum atomic E-state index is -0.823. The van der Waals surface area contributed by atoms with Gasteiger partial charge in [0.1, 0.15) is 0 Å². The summed E-state index contributed by atoms with van der Waals surface area (Å²) in [5.74, 6) is 0. The molecule has 19 heavy (non-hydrogen) atoms. The van der Waals surface area contributed by atoms with E-state index in [4.69, 9.17) is 0 Å². The Balaban J connectivity index is 1.94. The van der Waals surface area contributed by atoms with Gasteiger partial charge in [-0.15, -0.1) is 0 Å². The summed E-state index contributed by atoms with van der Waals surface area (Å²) >= 11 is 0. The predicted molar refractivity (Wildman–Crippen MR) is 74.5 cm³/mol. The van der Waals surface area contributed by atoms with E-state index in [1.807, 2.05) is 6.07 Å². The molecule has 0 heterocycles. The molecule has 0 radical (unpaired) electrons. The zero-order valence-corrected chi connectivity index (χ0v) is 11.4. The molecule has 100 valence electrons. The predicted octanol–water partition coefficient (Wildman–Crippen LogP) is 3.38. The molecule has 0 saturated heterocycles. The van der Waals surface area contributed by atoms with E-state index in [2.05, 4.69) is 24.3 Å². The Kier molecular flexibility index (Phi) is 3.11. The minimum absolute atomic E-state index is 0.515. The van der Waals surface area contributed by atoms with E-state index in [-0.39, 0.29) is 0 Å². The van der Waals surface area contributed by atoms with E-state index in [9.17, 15) is 10.4 Å². The van der Waals surface area contributed by atoms with Gasteiger partial charge in [0, 0.05) is 6.42 Å². The average molecular weight is 255 g/mol. The van der Waals surface area contributed by atoms with Gasteiger partial charge in [-0.2, -0.15) is 5.26 Å². The zero-order chi connectivity index (χ0) is 13.3. The number of nitriles is 1. The average Bonchev–Trinajstić information content (AvgIpc) is 2.47. The lowest BCUT2D eigenvalue weighted by Gasteiger charge is -2.47. The van der Waals surface area contributed by atoms with Crippen LogP contribution in [0.15, 0.2) is 24.3 Å². The second-order valence-electron chi connectivity index (χ2n) is 6.23. The van der Waals surface area contributed by atoms with Crippen LogP contribution in [0.1, 0.15) is 49.7 Å². The van der Waals surface area contributed by atoms with Gasteiger partial charge < -0.3 is 5.11 Å². The standard InChI is InChI=1S/C17H21NO/c18-13-16(9-4-1-5-10-16)17(19)11-8-14-6-2-3-7-15(14)12-17/h2-3,6-7,19H,1,4-5,8-12H2. The Morgan fingerprint density at radius 2 is 1.68 bits per heavy atom. The van der Waals surface area contributed by atoms with Gasteiger partial charge in [0.15, 0.2) is 0 Å². The molecule has 2 nitrogen and oxygen atoms in total. The summed E-state index contributed by atoms with van der Waals surface area (Å²) in [5.41, 5.74) is 1.24. The van der Waals surface area contributed by atoms with E-state index in [0.29, 0.717) is 6.42 Å². The number of hydrogen-bond donors (Lipinski definition) is 1. The molecule has 0 aromatic heterocycles. The second-order valence-corrected chi connectivity index (χ2v) is 6.23. The van der Waals surface area contributed by atoms with Gasteiger partial charge in [-0.25, -0.2) is 0 Å². The molecule has 1 fully saturated rings. The highest BCUT2D eigenvalue weighted by molar-refractivity contribution is 5.33. The van der Waals surface area contributed by atoms with Crippen molar-refractivity contribution in [3.8, 4) is 6.07 Å². The molecule has 2 heteroatoms. The lowest BCUT2D eigenvalue weighted by Crippen LogP contribution is -2.52. The van der Waals surface area contributed by atoms with Crippen molar-refractivity contribution in [2.24, 2.45) is 5.41 Å². The second kappa shape index (κ2) is 4.65. The summed E-state index contributed by atoms with van der Waals surface area (Å²) in [4.78, 5) is 0. The summed E-state index contributed by atoms with van der Waals surface area (Å²) in [6, 6.07) is 10.9. The number of nitrogens with zero attached hydrogens (tertiary/aromatic N) is 1. The third kappa shape index (κ3) is 1.97. The first-order valence-electron chi connectivity index (χ1n) is 7.40. The molecule has 2 aliphatic carbocycles. The van der Waals surface area contributed by atoms with Gasteiger partial charge in [-0.1, -0.05) is 43.5 Å². The maximum Gasteiger partial charge on any atom is 0.0876 e. The molecular formula is C17H21NO. The molecule has 0 bridgehead atoms. The summed E-state index contributed by atoms with van der Waals surface area (Å²) in [6.45, 7) is 0. The highest BCUT2D eigenvalue weighted by Crippen LogP contribution is 2.49. The van der Waals surface area contributed by atoms with Crippen molar-refractivity contribution in [3.05, 3.63) is 35.4 Å². The number of hydrogen-bond acceptors (Lipinski definition) is 2. The molecule has 0 spiro atoms. The van der Waals surface area contributed by atoms with Gasteiger partial charge in [0.05, 0.1) is 17.1 Å². The van der Waals surface area contributed by atoms with Crippen molar-refractivity contribution in [2.75, 3.05) is 0 Å². The largest absolute Gasteiger partial charge is 0.388 e. The van der Waals surface area contributed by atoms with Crippen molar-refractivity contribution in [3.63, 3.8) is 0 Å². The first-order valence-corrected chi connectivity index (χ1v) is 7.40. The van der Waals surface area contributed by atoms with Crippen molar-refractivity contribution >= 4 is 0 Å². The molecule has 1 aromatic rings. The fourth-order valence-electron chi connectivity index (χ4n) is 3.96. The van der Waals surface area contributed by atoms with Crippen LogP contribution in [0.4, 0.5) is 0 Å². The Bertz CT molecular complexity index is 510. The van der Waals surface area contributed by atoms with Crippen molar-refractivity contribution in [1.82, 2.24) is 0 Å². The van der Waals surface area contributed by atoms with E-state index >= 15 is 0 Å². The van der Waals surface area contributed by atoms with Crippen LogP contribution >= 0.6 is 0 Å². The fourth-order valence-corrected chi connectivity index (χ4v) is 3.96. The third-order valence-electron chi connectivity index (χ3n) is 5.22. The maximum atomic E-state index is 11.2. The smallest absolute Gasteiger partial charge is 0.0876 e. The molecular weight excluding hydrogens is 234 g/mol. The molecule has 1 unspecified atom stereocenters. The van der Waals surface area contributed by atoms with E-state index in [1.165, 1.54) is 17.5 Å². The van der Waals surface area contributed by atoms with Crippen LogP contribution in [0.3, 0.4) is 0 Å². The van der Waals surface area contributed by atoms with Crippen LogP contribution in [0.25, 0.3) is 0 Å². The minimum Gasteiger partial charge on any atom is -0.388 e. The molecule has 2 aliphatic rings. The first-order chi connectivity index (χ1) is 9.19. The monoisotopic (exact) mass is 255 g/mol. The molecule has 1 saturated carbocycles. The topological polar surface area (TPSA) is 44.0 Å². The summed E-state index contributed by atoms with van der Waals surface area (Å²) in [7, 11) is 0. The van der Waals surface area contributed by atoms with Gasteiger partial charge >= 0.3 is 0 Å². The highest BCUT2D eigenvalue weighted by Gasteiger charge is 2.52. The number of aliphatic hydroxyl groups is 1. The molecule has 3 rings (SSSR count). The number of aryl methyl sites for hydroxylation is 1. The van der Waals surface area contributed by atoms with E-state index in [1.54, 1.807) is 0 Å². The van der Waals surface area contributed by atoms with Crippen LogP contribution in [0.2, 0.25) is 0 Å². The SMILES string of the molecule is N#CC1(C2(O)CCc3ccccc3C2)CCCCC1. The first kappa shape index (κ1) is 12.7. The van der Waals surface area contributed by atoms with Crippen LogP contribution in [0.5, 0.6) is 0 Å². The number of rotatable bonds is 1. The summed E-state index contributed by atoms with van der Waals surface area (Å²) < 4.78 is 0.